The maximum atomic E-state index is 13.1. The van der Waals surface area contributed by atoms with Crippen LogP contribution < -0.4 is 10.2 Å². The molecule has 524 valence electrons. The van der Waals surface area contributed by atoms with Gasteiger partial charge in [0.05, 0.1) is 39.9 Å². The Hall–Kier alpha value is -2.58. The first kappa shape index (κ1) is 87.4. The number of nitrogens with zero attached hydrogens (tertiary/aromatic N) is 1. The zero-order valence-electron chi connectivity index (χ0n) is 60.1. The van der Waals surface area contributed by atoms with Crippen molar-refractivity contribution >= 4 is 13.7 Å². The van der Waals surface area contributed by atoms with E-state index in [0.717, 1.165) is 89.9 Å². The highest BCUT2D eigenvalue weighted by atomic mass is 31.2. The van der Waals surface area contributed by atoms with Crippen LogP contribution in [0.5, 0.6) is 0 Å². The van der Waals surface area contributed by atoms with E-state index in [2.05, 4.69) is 116 Å². The number of allylic oxidation sites excluding steroid dienone is 16. The first-order valence-corrected chi connectivity index (χ1v) is 40.0. The third-order valence-electron chi connectivity index (χ3n) is 17.3. The molecule has 2 N–H and O–H groups in total. The number of aliphatic hydroxyl groups excluding tert-OH is 1. The quantitative estimate of drug-likeness (QED) is 0.0272. The molecule has 90 heavy (non-hydrogen) atoms. The van der Waals surface area contributed by atoms with Gasteiger partial charge in [0.2, 0.25) is 5.91 Å². The van der Waals surface area contributed by atoms with Crippen molar-refractivity contribution in [3.8, 4) is 0 Å². The average Bonchev–Trinajstić information content (AvgIpc) is 3.18. The topological polar surface area (TPSA) is 108 Å². The van der Waals surface area contributed by atoms with Gasteiger partial charge in [-0.15, -0.1) is 0 Å². The van der Waals surface area contributed by atoms with Crippen LogP contribution in [0.2, 0.25) is 0 Å². The van der Waals surface area contributed by atoms with E-state index < -0.39 is 20.0 Å². The number of hydrogen-bond donors (Lipinski definition) is 2. The molecule has 0 saturated carbocycles. The number of carbonyl (C=O) groups is 1. The van der Waals surface area contributed by atoms with E-state index in [4.69, 9.17) is 9.05 Å². The van der Waals surface area contributed by atoms with Crippen molar-refractivity contribution in [3.63, 3.8) is 0 Å². The van der Waals surface area contributed by atoms with Crippen LogP contribution in [0.4, 0.5) is 0 Å². The third-order valence-corrected chi connectivity index (χ3v) is 18.3. The van der Waals surface area contributed by atoms with Crippen molar-refractivity contribution in [2.75, 3.05) is 40.9 Å². The van der Waals surface area contributed by atoms with Crippen molar-refractivity contribution < 1.29 is 32.9 Å². The van der Waals surface area contributed by atoms with E-state index in [1.165, 1.54) is 244 Å². The Labute approximate surface area is 559 Å². The lowest BCUT2D eigenvalue weighted by atomic mass is 10.0. The van der Waals surface area contributed by atoms with E-state index in [0.29, 0.717) is 23.9 Å². The summed E-state index contributed by atoms with van der Waals surface area (Å²) in [7, 11) is 1.31. The van der Waals surface area contributed by atoms with Crippen molar-refractivity contribution in [1.29, 1.82) is 0 Å². The van der Waals surface area contributed by atoms with Gasteiger partial charge in [-0.3, -0.25) is 9.36 Å². The number of unbranched alkanes of at least 4 members (excludes halogenated alkanes) is 42. The Morgan fingerprint density at radius 3 is 0.989 bits per heavy atom. The minimum atomic E-state index is -4.59. The second-order valence-electron chi connectivity index (χ2n) is 27.3. The first-order chi connectivity index (χ1) is 44.0. The SMILES string of the molecule is CC/C=C\C/C=C\C/C=C\C/C=C\C/C=C\C/C=C\C/C=C\C/C=C\CCCCCCCCCCCCCCC(=O)NC(COP(=O)([O-])OCC[N+](C)(C)C)C(O)CCCCCCCCCCCCCCCCCCCCCCCCCCCCCCCCC. The maximum absolute atomic E-state index is 13.1. The van der Waals surface area contributed by atoms with Crippen LogP contribution in [0.1, 0.15) is 361 Å². The van der Waals surface area contributed by atoms with E-state index >= 15 is 0 Å². The summed E-state index contributed by atoms with van der Waals surface area (Å²) in [5.41, 5.74) is 0. The van der Waals surface area contributed by atoms with Crippen molar-refractivity contribution in [3.05, 3.63) is 97.2 Å². The molecule has 0 aromatic heterocycles. The maximum Gasteiger partial charge on any atom is 0.268 e. The number of likely N-dealkylation sites (N-methyl/N-ethyl adjacent to an activating group) is 1. The van der Waals surface area contributed by atoms with Gasteiger partial charge in [-0.25, -0.2) is 0 Å². The number of quaternary nitrogens is 1. The van der Waals surface area contributed by atoms with Gasteiger partial charge in [0.1, 0.15) is 13.2 Å². The monoisotopic (exact) mass is 1280 g/mol. The van der Waals surface area contributed by atoms with Crippen LogP contribution in [-0.2, 0) is 18.4 Å². The fourth-order valence-corrected chi connectivity index (χ4v) is 12.1. The Morgan fingerprint density at radius 1 is 0.400 bits per heavy atom. The molecule has 1 amide bonds. The molecule has 3 atom stereocenters. The standard InChI is InChI=1S/C81H149N2O6P/c1-6-8-10-12-14-16-18-20-22-24-26-28-30-32-34-36-38-39-40-41-42-43-45-47-49-51-53-55-57-59-61-63-65-67-69-71-73-75-81(85)82-79(78-89-90(86,87)88-77-76-83(3,4)5)80(84)74-72-70-68-66-64-62-60-58-56-54-52-50-48-46-44-37-35-33-31-29-27-25-23-21-19-17-15-13-11-9-7-2/h8,10,14,16,20,22,26,28,32,34,38-39,41-42,45,47,79-80,84H,6-7,9,11-13,15,17-19,21,23-25,27,29-31,33,35-37,40,43-44,46,48-78H2,1-5H3,(H-,82,85,86,87)/b10-8-,16-14-,22-20-,28-26-,34-32-,39-38-,42-41-,47-45-. The molecule has 0 rings (SSSR count). The molecule has 0 spiro atoms. The van der Waals surface area contributed by atoms with Gasteiger partial charge in [0.15, 0.2) is 0 Å². The largest absolute Gasteiger partial charge is 0.756 e. The molecule has 0 saturated heterocycles. The van der Waals surface area contributed by atoms with Crippen LogP contribution >= 0.6 is 7.82 Å². The van der Waals surface area contributed by atoms with Gasteiger partial charge in [0.25, 0.3) is 7.82 Å². The summed E-state index contributed by atoms with van der Waals surface area (Å²) in [5, 5.41) is 14.1. The fourth-order valence-electron chi connectivity index (χ4n) is 11.4. The summed E-state index contributed by atoms with van der Waals surface area (Å²) in [6, 6.07) is -0.809. The van der Waals surface area contributed by atoms with Crippen LogP contribution in [0.25, 0.3) is 0 Å². The number of carbonyl (C=O) groups excluding carboxylic acids is 1. The van der Waals surface area contributed by atoms with Crippen LogP contribution in [0.3, 0.4) is 0 Å². The molecule has 0 aromatic rings. The average molecular weight is 1280 g/mol. The van der Waals surface area contributed by atoms with Crippen LogP contribution in [-0.4, -0.2) is 68.5 Å². The van der Waals surface area contributed by atoms with Gasteiger partial charge in [-0.05, 0) is 77.0 Å². The number of amides is 1. The smallest absolute Gasteiger partial charge is 0.268 e. The summed E-state index contributed by atoms with van der Waals surface area (Å²) in [5.74, 6) is -0.165. The Bertz CT molecular complexity index is 1790. The summed E-state index contributed by atoms with van der Waals surface area (Å²) in [4.78, 5) is 25.7. The second kappa shape index (κ2) is 70.7. The molecule has 0 aliphatic heterocycles. The highest BCUT2D eigenvalue weighted by Crippen LogP contribution is 2.38. The summed E-state index contributed by atoms with van der Waals surface area (Å²) in [6.07, 6.45) is 102. The molecule has 0 heterocycles. The Morgan fingerprint density at radius 2 is 0.678 bits per heavy atom. The minimum absolute atomic E-state index is 0.00929. The molecular weight excluding hydrogens is 1130 g/mol. The molecule has 0 aliphatic rings. The van der Waals surface area contributed by atoms with E-state index in [1.807, 2.05) is 21.1 Å². The molecule has 8 nitrogen and oxygen atoms in total. The van der Waals surface area contributed by atoms with Crippen molar-refractivity contribution in [1.82, 2.24) is 5.32 Å². The summed E-state index contributed by atoms with van der Waals surface area (Å²) >= 11 is 0. The first-order valence-electron chi connectivity index (χ1n) is 38.6. The van der Waals surface area contributed by atoms with Crippen molar-refractivity contribution in [2.24, 2.45) is 0 Å². The van der Waals surface area contributed by atoms with Crippen molar-refractivity contribution in [2.45, 2.75) is 373 Å². The summed E-state index contributed by atoms with van der Waals surface area (Å²) < 4.78 is 23.6. The van der Waals surface area contributed by atoms with Crippen LogP contribution in [0, 0.1) is 0 Å². The Balaban J connectivity index is 4.01. The molecule has 9 heteroatoms. The van der Waals surface area contributed by atoms with E-state index in [-0.39, 0.29) is 19.1 Å². The zero-order valence-corrected chi connectivity index (χ0v) is 61.0. The molecule has 0 bridgehead atoms. The molecule has 0 radical (unpaired) electrons. The number of rotatable bonds is 71. The second-order valence-corrected chi connectivity index (χ2v) is 28.7. The predicted molar refractivity (Wildman–Crippen MR) is 394 cm³/mol. The number of nitrogens with one attached hydrogen (secondary N) is 1. The van der Waals surface area contributed by atoms with Gasteiger partial charge in [0, 0.05) is 6.42 Å². The number of phosphoric acid groups is 1. The number of phosphoric ester groups is 1. The molecular formula is C81H149N2O6P. The van der Waals surface area contributed by atoms with Gasteiger partial charge in [-0.1, -0.05) is 374 Å². The zero-order chi connectivity index (χ0) is 65.5. The molecule has 0 aliphatic carbocycles. The lowest BCUT2D eigenvalue weighted by Gasteiger charge is -2.30. The summed E-state index contributed by atoms with van der Waals surface area (Å²) in [6.45, 7) is 4.65. The van der Waals surface area contributed by atoms with Gasteiger partial charge >= 0.3 is 0 Å². The Kier molecular flexibility index (Phi) is 68.7. The third kappa shape index (κ3) is 72.8. The normalized spacial score (nSPS) is 14.1. The molecule has 0 fully saturated rings. The number of hydrogen-bond acceptors (Lipinski definition) is 6. The van der Waals surface area contributed by atoms with Gasteiger partial charge in [-0.2, -0.15) is 0 Å². The van der Waals surface area contributed by atoms with E-state index in [1.54, 1.807) is 0 Å². The fraction of sp³-hybridized carbons (Fsp3) is 0.790. The lowest BCUT2D eigenvalue weighted by molar-refractivity contribution is -0.870. The lowest BCUT2D eigenvalue weighted by Crippen LogP contribution is -2.46. The highest BCUT2D eigenvalue weighted by Gasteiger charge is 2.24. The predicted octanol–water partition coefficient (Wildman–Crippen LogP) is 24.6. The number of aliphatic hydroxyl groups is 1. The highest BCUT2D eigenvalue weighted by molar-refractivity contribution is 7.45. The molecule has 3 unspecified atom stereocenters. The molecule has 0 aromatic carbocycles. The van der Waals surface area contributed by atoms with Gasteiger partial charge < -0.3 is 28.8 Å². The van der Waals surface area contributed by atoms with Crippen LogP contribution in [0.15, 0.2) is 97.2 Å². The van der Waals surface area contributed by atoms with E-state index in [9.17, 15) is 19.4 Å². The minimum Gasteiger partial charge on any atom is -0.756 e.